The zero-order chi connectivity index (χ0) is 13.9. The van der Waals surface area contributed by atoms with Crippen molar-refractivity contribution in [2.75, 3.05) is 13.2 Å². The zero-order valence-corrected chi connectivity index (χ0v) is 11.8. The van der Waals surface area contributed by atoms with Crippen molar-refractivity contribution in [2.24, 2.45) is 5.73 Å². The number of aryl methyl sites for hydroxylation is 1. The third-order valence-corrected chi connectivity index (χ3v) is 4.66. The molecule has 8 heteroatoms. The first kappa shape index (κ1) is 14.4. The minimum atomic E-state index is -3.63. The lowest BCUT2D eigenvalue weighted by Gasteiger charge is -2.22. The summed E-state index contributed by atoms with van der Waals surface area (Å²) in [4.78, 5) is 0. The van der Waals surface area contributed by atoms with Gasteiger partial charge in [0.2, 0.25) is 0 Å². The number of hydrogen-bond donors (Lipinski definition) is 3. The molecule has 4 N–H and O–H groups in total. The molecule has 1 fully saturated rings. The van der Waals surface area contributed by atoms with Gasteiger partial charge in [-0.1, -0.05) is 0 Å². The smallest absolute Gasteiger partial charge is 0.260 e. The van der Waals surface area contributed by atoms with Crippen molar-refractivity contribution >= 4 is 10.0 Å². The van der Waals surface area contributed by atoms with Crippen LogP contribution in [0.1, 0.15) is 30.5 Å². The maximum atomic E-state index is 12.2. The second-order valence-electron chi connectivity index (χ2n) is 4.68. The van der Waals surface area contributed by atoms with Crippen LogP contribution in [0.5, 0.6) is 0 Å². The highest BCUT2D eigenvalue weighted by molar-refractivity contribution is 7.89. The zero-order valence-electron chi connectivity index (χ0n) is 11.0. The summed E-state index contributed by atoms with van der Waals surface area (Å²) in [6, 6.07) is 0. The van der Waals surface area contributed by atoms with E-state index in [-0.39, 0.29) is 24.2 Å². The van der Waals surface area contributed by atoms with Gasteiger partial charge < -0.3 is 10.5 Å². The highest BCUT2D eigenvalue weighted by atomic mass is 32.2. The van der Waals surface area contributed by atoms with Crippen LogP contribution in [-0.4, -0.2) is 37.9 Å². The van der Waals surface area contributed by atoms with Crippen molar-refractivity contribution < 1.29 is 13.2 Å². The fraction of sp³-hybridized carbons (Fsp3) is 0.727. The number of aromatic amines is 1. The Labute approximate surface area is 113 Å². The Morgan fingerprint density at radius 1 is 1.53 bits per heavy atom. The average Bonchev–Trinajstić information content (AvgIpc) is 2.79. The Kier molecular flexibility index (Phi) is 4.56. The molecular formula is C11H20N4O3S. The topological polar surface area (TPSA) is 110 Å². The number of hydrogen-bond acceptors (Lipinski definition) is 5. The SMILES string of the molecule is Cc1[nH]nc(S(=O)(=O)NCC2CCCCO2)c1CN. The van der Waals surface area contributed by atoms with Crippen LogP contribution >= 0.6 is 0 Å². The molecule has 1 unspecified atom stereocenters. The number of ether oxygens (including phenoxy) is 1. The van der Waals surface area contributed by atoms with Gasteiger partial charge in [-0.15, -0.1) is 0 Å². The summed E-state index contributed by atoms with van der Waals surface area (Å²) in [5.74, 6) is 0. The summed E-state index contributed by atoms with van der Waals surface area (Å²) in [5.41, 5.74) is 6.76. The minimum absolute atomic E-state index is 0.0108. The Hall–Kier alpha value is -0.960. The van der Waals surface area contributed by atoms with Crippen LogP contribution in [0.4, 0.5) is 0 Å². The molecule has 1 aliphatic heterocycles. The molecule has 19 heavy (non-hydrogen) atoms. The maximum Gasteiger partial charge on any atom is 0.260 e. The molecule has 1 saturated heterocycles. The fourth-order valence-electron chi connectivity index (χ4n) is 2.13. The number of aromatic nitrogens is 2. The summed E-state index contributed by atoms with van der Waals surface area (Å²) < 4.78 is 32.4. The van der Waals surface area contributed by atoms with E-state index >= 15 is 0 Å². The molecule has 7 nitrogen and oxygen atoms in total. The first-order chi connectivity index (χ1) is 9.04. The van der Waals surface area contributed by atoms with E-state index in [4.69, 9.17) is 10.5 Å². The molecular weight excluding hydrogens is 268 g/mol. The molecule has 1 aliphatic rings. The molecule has 0 aromatic carbocycles. The predicted molar refractivity (Wildman–Crippen MR) is 70.0 cm³/mol. The minimum Gasteiger partial charge on any atom is -0.377 e. The van der Waals surface area contributed by atoms with Crippen LogP contribution in [0.25, 0.3) is 0 Å². The van der Waals surface area contributed by atoms with E-state index in [0.29, 0.717) is 17.9 Å². The van der Waals surface area contributed by atoms with Gasteiger partial charge in [-0.25, -0.2) is 13.1 Å². The highest BCUT2D eigenvalue weighted by Crippen LogP contribution is 2.16. The molecule has 0 bridgehead atoms. The van der Waals surface area contributed by atoms with Crippen LogP contribution < -0.4 is 10.5 Å². The van der Waals surface area contributed by atoms with E-state index in [1.807, 2.05) is 0 Å². The normalized spacial score (nSPS) is 20.6. The van der Waals surface area contributed by atoms with Crippen molar-refractivity contribution in [3.8, 4) is 0 Å². The van der Waals surface area contributed by atoms with Crippen molar-refractivity contribution in [3.63, 3.8) is 0 Å². The quantitative estimate of drug-likeness (QED) is 0.707. The molecule has 0 radical (unpaired) electrons. The van der Waals surface area contributed by atoms with Gasteiger partial charge in [0.25, 0.3) is 10.0 Å². The summed E-state index contributed by atoms with van der Waals surface area (Å²) in [5, 5.41) is 6.47. The van der Waals surface area contributed by atoms with Gasteiger partial charge in [0, 0.05) is 31.0 Å². The fourth-order valence-corrected chi connectivity index (χ4v) is 3.40. The molecule has 1 atom stereocenters. The summed E-state index contributed by atoms with van der Waals surface area (Å²) in [6.45, 7) is 2.86. The van der Waals surface area contributed by atoms with Gasteiger partial charge in [0.1, 0.15) is 0 Å². The Morgan fingerprint density at radius 3 is 2.95 bits per heavy atom. The van der Waals surface area contributed by atoms with Crippen molar-refractivity contribution in [1.82, 2.24) is 14.9 Å². The summed E-state index contributed by atoms with van der Waals surface area (Å²) in [7, 11) is -3.63. The number of H-pyrrole nitrogens is 1. The Morgan fingerprint density at radius 2 is 2.32 bits per heavy atom. The lowest BCUT2D eigenvalue weighted by molar-refractivity contribution is 0.0200. The van der Waals surface area contributed by atoms with E-state index < -0.39 is 10.0 Å². The van der Waals surface area contributed by atoms with Crippen LogP contribution in [-0.2, 0) is 21.3 Å². The monoisotopic (exact) mass is 288 g/mol. The van der Waals surface area contributed by atoms with Crippen LogP contribution in [0.3, 0.4) is 0 Å². The standard InChI is InChI=1S/C11H20N4O3S/c1-8-10(6-12)11(15-14-8)19(16,17)13-7-9-4-2-3-5-18-9/h9,13H,2-7,12H2,1H3,(H,14,15). The first-order valence-electron chi connectivity index (χ1n) is 6.40. The molecule has 2 rings (SSSR count). The molecule has 0 saturated carbocycles. The largest absolute Gasteiger partial charge is 0.377 e. The van der Waals surface area contributed by atoms with E-state index in [2.05, 4.69) is 14.9 Å². The third kappa shape index (κ3) is 3.33. The number of sulfonamides is 1. The second-order valence-corrected chi connectivity index (χ2v) is 6.36. The Bertz CT molecular complexity index is 520. The summed E-state index contributed by atoms with van der Waals surface area (Å²) in [6.07, 6.45) is 2.94. The van der Waals surface area contributed by atoms with E-state index in [1.165, 1.54) is 0 Å². The highest BCUT2D eigenvalue weighted by Gasteiger charge is 2.24. The van der Waals surface area contributed by atoms with E-state index in [0.717, 1.165) is 19.3 Å². The molecule has 0 amide bonds. The lowest BCUT2D eigenvalue weighted by Crippen LogP contribution is -2.36. The molecule has 0 aliphatic carbocycles. The lowest BCUT2D eigenvalue weighted by atomic mass is 10.1. The Balaban J connectivity index is 2.05. The van der Waals surface area contributed by atoms with Crippen LogP contribution in [0, 0.1) is 6.92 Å². The van der Waals surface area contributed by atoms with Crippen molar-refractivity contribution in [3.05, 3.63) is 11.3 Å². The molecule has 1 aromatic rings. The number of nitrogens with zero attached hydrogens (tertiary/aromatic N) is 1. The van der Waals surface area contributed by atoms with E-state index in [9.17, 15) is 8.42 Å². The first-order valence-corrected chi connectivity index (χ1v) is 7.88. The number of nitrogens with two attached hydrogens (primary N) is 1. The molecule has 0 spiro atoms. The summed E-state index contributed by atoms with van der Waals surface area (Å²) >= 11 is 0. The van der Waals surface area contributed by atoms with Gasteiger partial charge in [0.05, 0.1) is 6.10 Å². The average molecular weight is 288 g/mol. The van der Waals surface area contributed by atoms with Gasteiger partial charge in [-0.05, 0) is 26.2 Å². The van der Waals surface area contributed by atoms with E-state index in [1.54, 1.807) is 6.92 Å². The number of rotatable bonds is 5. The maximum absolute atomic E-state index is 12.2. The van der Waals surface area contributed by atoms with Crippen molar-refractivity contribution in [2.45, 2.75) is 43.9 Å². The van der Waals surface area contributed by atoms with Gasteiger partial charge in [0.15, 0.2) is 5.03 Å². The molecule has 2 heterocycles. The van der Waals surface area contributed by atoms with Gasteiger partial charge >= 0.3 is 0 Å². The second kappa shape index (κ2) is 6.00. The van der Waals surface area contributed by atoms with Crippen LogP contribution in [0.2, 0.25) is 0 Å². The third-order valence-electron chi connectivity index (χ3n) is 3.27. The number of nitrogens with one attached hydrogen (secondary N) is 2. The van der Waals surface area contributed by atoms with Gasteiger partial charge in [-0.3, -0.25) is 5.10 Å². The van der Waals surface area contributed by atoms with Gasteiger partial charge in [-0.2, -0.15) is 5.10 Å². The molecule has 1 aromatic heterocycles. The van der Waals surface area contributed by atoms with Crippen LogP contribution in [0.15, 0.2) is 5.03 Å². The molecule has 108 valence electrons. The van der Waals surface area contributed by atoms with Crippen molar-refractivity contribution in [1.29, 1.82) is 0 Å². The predicted octanol–water partition coefficient (Wildman–Crippen LogP) is 0.0242.